The Balaban J connectivity index is 2.02. The van der Waals surface area contributed by atoms with Gasteiger partial charge in [-0.3, -0.25) is 4.79 Å². The molecule has 0 heterocycles. The first-order valence-electron chi connectivity index (χ1n) is 3.21. The van der Waals surface area contributed by atoms with Gasteiger partial charge in [0.1, 0.15) is 0 Å². The molecule has 2 nitrogen and oxygen atoms in total. The van der Waals surface area contributed by atoms with Gasteiger partial charge in [-0.05, 0) is 18.9 Å². The average Bonchev–Trinajstić information content (AvgIpc) is 2.65. The van der Waals surface area contributed by atoms with Crippen molar-refractivity contribution >= 4 is 5.78 Å². The molecule has 0 saturated heterocycles. The molecule has 0 spiro atoms. The molecule has 1 N–H and O–H groups in total. The molecule has 1 fully saturated rings. The first-order valence-corrected chi connectivity index (χ1v) is 3.21. The minimum atomic E-state index is 0.0851. The van der Waals surface area contributed by atoms with E-state index in [2.05, 4.69) is 11.9 Å². The maximum atomic E-state index is 10.6. The van der Waals surface area contributed by atoms with Crippen molar-refractivity contribution in [1.82, 2.24) is 5.32 Å². The lowest BCUT2D eigenvalue weighted by atomic mass is 10.4. The van der Waals surface area contributed by atoms with Crippen molar-refractivity contribution in [1.29, 1.82) is 0 Å². The second-order valence-corrected chi connectivity index (χ2v) is 2.33. The van der Waals surface area contributed by atoms with E-state index in [-0.39, 0.29) is 5.78 Å². The van der Waals surface area contributed by atoms with Gasteiger partial charge in [0.25, 0.3) is 0 Å². The van der Waals surface area contributed by atoms with Crippen LogP contribution in [0, 0.1) is 0 Å². The Labute approximate surface area is 54.9 Å². The minimum Gasteiger partial charge on any atom is -0.307 e. The van der Waals surface area contributed by atoms with Crippen LogP contribution in [0.25, 0.3) is 0 Å². The summed E-state index contributed by atoms with van der Waals surface area (Å²) in [6.07, 6.45) is 3.81. The summed E-state index contributed by atoms with van der Waals surface area (Å²) in [7, 11) is 0. The molecule has 1 aliphatic carbocycles. The largest absolute Gasteiger partial charge is 0.307 e. The van der Waals surface area contributed by atoms with E-state index in [0.717, 1.165) is 0 Å². The average molecular weight is 125 g/mol. The van der Waals surface area contributed by atoms with Crippen LogP contribution in [0.3, 0.4) is 0 Å². The van der Waals surface area contributed by atoms with E-state index in [1.807, 2.05) is 0 Å². The van der Waals surface area contributed by atoms with E-state index >= 15 is 0 Å². The molecule has 9 heavy (non-hydrogen) atoms. The molecule has 0 amide bonds. The number of hydrogen-bond donors (Lipinski definition) is 1. The molecule has 0 radical (unpaired) electrons. The SMILES string of the molecule is C=CC(=O)CNC1CC1. The standard InChI is InChI=1S/C7H11NO/c1-2-7(9)5-8-6-3-4-6/h2,6,8H,1,3-5H2. The highest BCUT2D eigenvalue weighted by Gasteiger charge is 2.20. The molecule has 50 valence electrons. The van der Waals surface area contributed by atoms with Crippen LogP contribution >= 0.6 is 0 Å². The molecule has 0 aromatic carbocycles. The Morgan fingerprint density at radius 3 is 2.89 bits per heavy atom. The van der Waals surface area contributed by atoms with Gasteiger partial charge in [-0.1, -0.05) is 6.58 Å². The van der Waals surface area contributed by atoms with Gasteiger partial charge in [-0.2, -0.15) is 0 Å². The molecule has 1 rings (SSSR count). The summed E-state index contributed by atoms with van der Waals surface area (Å²) < 4.78 is 0. The number of nitrogens with one attached hydrogen (secondary N) is 1. The summed E-state index contributed by atoms with van der Waals surface area (Å²) in [5, 5.41) is 3.09. The van der Waals surface area contributed by atoms with Crippen molar-refractivity contribution in [3.8, 4) is 0 Å². The van der Waals surface area contributed by atoms with Crippen molar-refractivity contribution in [3.05, 3.63) is 12.7 Å². The van der Waals surface area contributed by atoms with Gasteiger partial charge >= 0.3 is 0 Å². The van der Waals surface area contributed by atoms with Gasteiger partial charge in [0, 0.05) is 6.04 Å². The normalized spacial score (nSPS) is 17.3. The van der Waals surface area contributed by atoms with Crippen molar-refractivity contribution in [3.63, 3.8) is 0 Å². The molecule has 0 aromatic rings. The third-order valence-corrected chi connectivity index (χ3v) is 1.37. The highest BCUT2D eigenvalue weighted by Crippen LogP contribution is 2.17. The van der Waals surface area contributed by atoms with Crippen molar-refractivity contribution in [2.45, 2.75) is 18.9 Å². The molecule has 0 bridgehead atoms. The summed E-state index contributed by atoms with van der Waals surface area (Å²) in [6, 6.07) is 0.619. The Bertz CT molecular complexity index is 127. The zero-order valence-corrected chi connectivity index (χ0v) is 5.39. The Hall–Kier alpha value is -0.630. The lowest BCUT2D eigenvalue weighted by Gasteiger charge is -1.95. The first-order chi connectivity index (χ1) is 4.33. The van der Waals surface area contributed by atoms with Crippen LogP contribution in [0.1, 0.15) is 12.8 Å². The molecule has 2 heteroatoms. The molecule has 1 aliphatic rings. The zero-order chi connectivity index (χ0) is 6.69. The highest BCUT2D eigenvalue weighted by atomic mass is 16.1. The molecule has 0 aromatic heterocycles. The molecule has 1 saturated carbocycles. The quantitative estimate of drug-likeness (QED) is 0.554. The fraction of sp³-hybridized carbons (Fsp3) is 0.571. The number of hydrogen-bond acceptors (Lipinski definition) is 2. The summed E-state index contributed by atoms with van der Waals surface area (Å²) in [6.45, 7) is 3.84. The minimum absolute atomic E-state index is 0.0851. The van der Waals surface area contributed by atoms with Crippen molar-refractivity contribution < 1.29 is 4.79 Å². The number of carbonyl (C=O) groups excluding carboxylic acids is 1. The lowest BCUT2D eigenvalue weighted by Crippen LogP contribution is -2.23. The van der Waals surface area contributed by atoms with Crippen LogP contribution in [0.2, 0.25) is 0 Å². The molecule has 0 atom stereocenters. The zero-order valence-electron chi connectivity index (χ0n) is 5.39. The van der Waals surface area contributed by atoms with Gasteiger partial charge in [0.05, 0.1) is 6.54 Å². The van der Waals surface area contributed by atoms with Crippen LogP contribution in [0.15, 0.2) is 12.7 Å². The Morgan fingerprint density at radius 2 is 2.44 bits per heavy atom. The second kappa shape index (κ2) is 2.78. The van der Waals surface area contributed by atoms with Crippen LogP contribution in [-0.2, 0) is 4.79 Å². The lowest BCUT2D eigenvalue weighted by molar-refractivity contribution is -0.113. The van der Waals surface area contributed by atoms with Crippen molar-refractivity contribution in [2.24, 2.45) is 0 Å². The fourth-order valence-electron chi connectivity index (χ4n) is 0.605. The molecular formula is C7H11NO. The highest BCUT2D eigenvalue weighted by molar-refractivity contribution is 5.90. The van der Waals surface area contributed by atoms with Gasteiger partial charge in [-0.25, -0.2) is 0 Å². The summed E-state index contributed by atoms with van der Waals surface area (Å²) in [4.78, 5) is 10.6. The fourth-order valence-corrected chi connectivity index (χ4v) is 0.605. The second-order valence-electron chi connectivity index (χ2n) is 2.33. The van der Waals surface area contributed by atoms with E-state index in [9.17, 15) is 4.79 Å². The van der Waals surface area contributed by atoms with Crippen LogP contribution in [0.4, 0.5) is 0 Å². The molecule has 0 unspecified atom stereocenters. The molecular weight excluding hydrogens is 114 g/mol. The third kappa shape index (κ3) is 2.42. The third-order valence-electron chi connectivity index (χ3n) is 1.37. The maximum Gasteiger partial charge on any atom is 0.168 e. The van der Waals surface area contributed by atoms with E-state index in [0.29, 0.717) is 12.6 Å². The van der Waals surface area contributed by atoms with Gasteiger partial charge in [0.2, 0.25) is 0 Å². The van der Waals surface area contributed by atoms with Gasteiger partial charge in [0.15, 0.2) is 5.78 Å². The van der Waals surface area contributed by atoms with Crippen LogP contribution in [0.5, 0.6) is 0 Å². The monoisotopic (exact) mass is 125 g/mol. The Morgan fingerprint density at radius 1 is 1.78 bits per heavy atom. The van der Waals surface area contributed by atoms with E-state index < -0.39 is 0 Å². The number of carbonyl (C=O) groups is 1. The maximum absolute atomic E-state index is 10.6. The van der Waals surface area contributed by atoms with E-state index in [1.165, 1.54) is 18.9 Å². The first kappa shape index (κ1) is 6.49. The number of ketones is 1. The number of rotatable bonds is 4. The topological polar surface area (TPSA) is 29.1 Å². The van der Waals surface area contributed by atoms with Crippen molar-refractivity contribution in [2.75, 3.05) is 6.54 Å². The van der Waals surface area contributed by atoms with Gasteiger partial charge < -0.3 is 5.32 Å². The van der Waals surface area contributed by atoms with E-state index in [4.69, 9.17) is 0 Å². The predicted octanol–water partition coefficient (Wildman–Crippen LogP) is 0.493. The Kier molecular flexibility index (Phi) is 2.01. The summed E-state index contributed by atoms with van der Waals surface area (Å²) >= 11 is 0. The predicted molar refractivity (Wildman–Crippen MR) is 36.2 cm³/mol. The van der Waals surface area contributed by atoms with Crippen LogP contribution in [-0.4, -0.2) is 18.4 Å². The summed E-state index contributed by atoms with van der Waals surface area (Å²) in [5.41, 5.74) is 0. The van der Waals surface area contributed by atoms with Crippen LogP contribution < -0.4 is 5.32 Å². The van der Waals surface area contributed by atoms with Gasteiger partial charge in [-0.15, -0.1) is 0 Å². The smallest absolute Gasteiger partial charge is 0.168 e. The van der Waals surface area contributed by atoms with E-state index in [1.54, 1.807) is 0 Å². The summed E-state index contributed by atoms with van der Waals surface area (Å²) in [5.74, 6) is 0.0851. The molecule has 0 aliphatic heterocycles.